The van der Waals surface area contributed by atoms with Gasteiger partial charge in [-0.2, -0.15) is 0 Å². The molecule has 0 radical (unpaired) electrons. The van der Waals surface area contributed by atoms with E-state index in [1.165, 1.54) is 7.11 Å². The Balaban J connectivity index is 2.18. The predicted molar refractivity (Wildman–Crippen MR) is 132 cm³/mol. The van der Waals surface area contributed by atoms with E-state index in [1.807, 2.05) is 30.3 Å². The number of hydrogen-bond donors (Lipinski definition) is 1. The molecule has 34 heavy (non-hydrogen) atoms. The number of carbonyl (C=O) groups is 1. The number of rotatable bonds is 7. The number of benzene rings is 1. The maximum Gasteiger partial charge on any atom is 0.360 e. The quantitative estimate of drug-likeness (QED) is 0.390. The smallest absolute Gasteiger partial charge is 0.360 e. The molecular formula is C27H27N3O4. The van der Waals surface area contributed by atoms with Crippen LogP contribution in [0.15, 0.2) is 65.7 Å². The van der Waals surface area contributed by atoms with Crippen LogP contribution in [0.3, 0.4) is 0 Å². The Bertz CT molecular complexity index is 1380. The fourth-order valence-corrected chi connectivity index (χ4v) is 4.20. The van der Waals surface area contributed by atoms with Gasteiger partial charge in [-0.05, 0) is 29.7 Å². The van der Waals surface area contributed by atoms with Crippen LogP contribution in [-0.4, -0.2) is 32.7 Å². The molecular weight excluding hydrogens is 430 g/mol. The van der Waals surface area contributed by atoms with Crippen molar-refractivity contribution in [3.8, 4) is 28.1 Å². The second kappa shape index (κ2) is 9.87. The molecule has 0 unspecified atom stereocenters. The molecule has 0 saturated heterocycles. The molecule has 0 bridgehead atoms. The maximum atomic E-state index is 13.9. The molecule has 0 aliphatic heterocycles. The first kappa shape index (κ1) is 23.2. The number of fused-ring (bicyclic) bond motifs is 1. The third-order valence-corrected chi connectivity index (χ3v) is 6.23. The Kier molecular flexibility index (Phi) is 6.72. The highest BCUT2D eigenvalue weighted by Gasteiger charge is 2.25. The first-order chi connectivity index (χ1) is 16.5. The molecule has 174 valence electrons. The van der Waals surface area contributed by atoms with Crippen molar-refractivity contribution in [1.29, 1.82) is 0 Å². The lowest BCUT2D eigenvalue weighted by atomic mass is 9.99. The second-order valence-electron chi connectivity index (χ2n) is 8.17. The Morgan fingerprint density at radius 2 is 1.74 bits per heavy atom. The Hall–Kier alpha value is -4.00. The van der Waals surface area contributed by atoms with E-state index in [-0.39, 0.29) is 22.9 Å². The minimum Gasteiger partial charge on any atom is -0.505 e. The van der Waals surface area contributed by atoms with Crippen LogP contribution in [0, 0.1) is 5.92 Å². The van der Waals surface area contributed by atoms with E-state index < -0.39 is 5.97 Å². The van der Waals surface area contributed by atoms with Crippen molar-refractivity contribution < 1.29 is 14.6 Å². The predicted octanol–water partition coefficient (Wildman–Crippen LogP) is 5.05. The maximum absolute atomic E-state index is 13.9. The summed E-state index contributed by atoms with van der Waals surface area (Å²) in [5.41, 5.74) is 2.37. The average molecular weight is 458 g/mol. The molecule has 0 amide bonds. The first-order valence-corrected chi connectivity index (χ1v) is 11.3. The fourth-order valence-electron chi connectivity index (χ4n) is 4.20. The summed E-state index contributed by atoms with van der Waals surface area (Å²) in [6, 6.07) is 14.5. The standard InChI is InChI=1S/C27H27N3O4/c1-4-17(5-2)16-30-24-21(15-20(26(30)32)18-9-7-6-8-10-18)25(31)23(27(33)34-3)29-22(24)19-11-13-28-14-12-19/h6-15,17,31H,4-5,16H2,1-3H3. The molecule has 0 saturated carbocycles. The zero-order valence-electron chi connectivity index (χ0n) is 19.5. The lowest BCUT2D eigenvalue weighted by Gasteiger charge is -2.21. The van der Waals surface area contributed by atoms with E-state index in [2.05, 4.69) is 23.8 Å². The topological polar surface area (TPSA) is 94.3 Å². The highest BCUT2D eigenvalue weighted by atomic mass is 16.5. The summed E-state index contributed by atoms with van der Waals surface area (Å²) in [5.74, 6) is -0.816. The lowest BCUT2D eigenvalue weighted by molar-refractivity contribution is 0.0591. The van der Waals surface area contributed by atoms with Crippen LogP contribution in [0.5, 0.6) is 5.75 Å². The molecule has 0 atom stereocenters. The summed E-state index contributed by atoms with van der Waals surface area (Å²) in [4.78, 5) is 34.9. The van der Waals surface area contributed by atoms with Crippen LogP contribution in [0.2, 0.25) is 0 Å². The van der Waals surface area contributed by atoms with Gasteiger partial charge in [0.05, 0.1) is 18.3 Å². The Morgan fingerprint density at radius 3 is 2.35 bits per heavy atom. The molecule has 1 aromatic carbocycles. The molecule has 4 aromatic rings. The highest BCUT2D eigenvalue weighted by molar-refractivity contribution is 6.04. The van der Waals surface area contributed by atoms with Gasteiger partial charge in [-0.1, -0.05) is 57.0 Å². The van der Waals surface area contributed by atoms with E-state index in [4.69, 9.17) is 4.74 Å². The van der Waals surface area contributed by atoms with Crippen molar-refractivity contribution in [2.24, 2.45) is 5.92 Å². The van der Waals surface area contributed by atoms with Gasteiger partial charge in [0.15, 0.2) is 11.4 Å². The summed E-state index contributed by atoms with van der Waals surface area (Å²) < 4.78 is 6.58. The number of aromatic nitrogens is 3. The summed E-state index contributed by atoms with van der Waals surface area (Å²) in [7, 11) is 1.24. The van der Waals surface area contributed by atoms with Crippen molar-refractivity contribution in [1.82, 2.24) is 14.5 Å². The van der Waals surface area contributed by atoms with E-state index in [1.54, 1.807) is 35.2 Å². The van der Waals surface area contributed by atoms with Crippen molar-refractivity contribution in [3.63, 3.8) is 0 Å². The Morgan fingerprint density at radius 1 is 1.06 bits per heavy atom. The van der Waals surface area contributed by atoms with E-state index in [0.717, 1.165) is 18.4 Å². The van der Waals surface area contributed by atoms with Gasteiger partial charge in [0.25, 0.3) is 5.56 Å². The largest absolute Gasteiger partial charge is 0.505 e. The van der Waals surface area contributed by atoms with Crippen molar-refractivity contribution in [3.05, 3.63) is 77.0 Å². The number of nitrogens with zero attached hydrogens (tertiary/aromatic N) is 3. The van der Waals surface area contributed by atoms with Gasteiger partial charge < -0.3 is 14.4 Å². The SMILES string of the molecule is CCC(CC)Cn1c(=O)c(-c2ccccc2)cc2c(O)c(C(=O)OC)nc(-c3ccncc3)c21. The first-order valence-electron chi connectivity index (χ1n) is 11.3. The van der Waals surface area contributed by atoms with Crippen LogP contribution in [-0.2, 0) is 11.3 Å². The van der Waals surface area contributed by atoms with Gasteiger partial charge in [-0.25, -0.2) is 9.78 Å². The summed E-state index contributed by atoms with van der Waals surface area (Å²) in [6.45, 7) is 4.65. The number of ether oxygens (including phenoxy) is 1. The van der Waals surface area contributed by atoms with Crippen molar-refractivity contribution in [2.75, 3.05) is 7.11 Å². The van der Waals surface area contributed by atoms with Crippen molar-refractivity contribution >= 4 is 16.9 Å². The molecule has 7 nitrogen and oxygen atoms in total. The highest BCUT2D eigenvalue weighted by Crippen LogP contribution is 2.36. The van der Waals surface area contributed by atoms with Crippen LogP contribution in [0.4, 0.5) is 0 Å². The van der Waals surface area contributed by atoms with Crippen LogP contribution in [0.1, 0.15) is 37.2 Å². The minimum atomic E-state index is -0.756. The zero-order chi connectivity index (χ0) is 24.2. The van der Waals surface area contributed by atoms with Gasteiger partial charge in [0, 0.05) is 35.5 Å². The lowest BCUT2D eigenvalue weighted by Crippen LogP contribution is -2.26. The van der Waals surface area contributed by atoms with Gasteiger partial charge in [0.2, 0.25) is 0 Å². The average Bonchev–Trinajstić information content (AvgIpc) is 2.89. The zero-order valence-corrected chi connectivity index (χ0v) is 19.5. The third kappa shape index (κ3) is 4.17. The van der Waals surface area contributed by atoms with Gasteiger partial charge >= 0.3 is 5.97 Å². The molecule has 0 spiro atoms. The molecule has 0 fully saturated rings. The second-order valence-corrected chi connectivity index (χ2v) is 8.17. The molecule has 3 aromatic heterocycles. The number of pyridine rings is 3. The number of carbonyl (C=O) groups excluding carboxylic acids is 1. The van der Waals surface area contributed by atoms with E-state index in [0.29, 0.717) is 34.3 Å². The minimum absolute atomic E-state index is 0.173. The summed E-state index contributed by atoms with van der Waals surface area (Å²) in [6.07, 6.45) is 5.03. The van der Waals surface area contributed by atoms with Gasteiger partial charge in [-0.15, -0.1) is 0 Å². The number of methoxy groups -OCH3 is 1. The van der Waals surface area contributed by atoms with Crippen LogP contribution in [0.25, 0.3) is 33.3 Å². The molecule has 3 heterocycles. The molecule has 0 aliphatic carbocycles. The molecule has 1 N–H and O–H groups in total. The number of aromatic hydroxyl groups is 1. The third-order valence-electron chi connectivity index (χ3n) is 6.23. The molecule has 0 aliphatic rings. The normalized spacial score (nSPS) is 11.2. The molecule has 7 heteroatoms. The number of hydrogen-bond acceptors (Lipinski definition) is 6. The van der Waals surface area contributed by atoms with E-state index in [9.17, 15) is 14.7 Å². The molecule has 4 rings (SSSR count). The van der Waals surface area contributed by atoms with E-state index >= 15 is 0 Å². The van der Waals surface area contributed by atoms with Gasteiger partial charge in [0.1, 0.15) is 0 Å². The summed E-state index contributed by atoms with van der Waals surface area (Å²) in [5, 5.41) is 11.5. The summed E-state index contributed by atoms with van der Waals surface area (Å²) >= 11 is 0. The Labute approximate surface area is 197 Å². The van der Waals surface area contributed by atoms with Crippen molar-refractivity contribution in [2.45, 2.75) is 33.2 Å². The van der Waals surface area contributed by atoms with Gasteiger partial charge in [-0.3, -0.25) is 9.78 Å². The monoisotopic (exact) mass is 457 g/mol. The van der Waals surface area contributed by atoms with Crippen LogP contribution >= 0.6 is 0 Å². The fraction of sp³-hybridized carbons (Fsp3) is 0.259. The van der Waals surface area contributed by atoms with Crippen LogP contribution < -0.4 is 5.56 Å². The number of esters is 1.